The number of nitrogens with zero attached hydrogens (tertiary/aromatic N) is 2. The third kappa shape index (κ3) is 2.86. The molecule has 5 heteroatoms. The average molecular weight is 281 g/mol. The Kier molecular flexibility index (Phi) is 3.55. The molecule has 0 saturated heterocycles. The summed E-state index contributed by atoms with van der Waals surface area (Å²) in [5.41, 5.74) is 2.19. The van der Waals surface area contributed by atoms with Gasteiger partial charge in [0.25, 0.3) is 5.56 Å². The van der Waals surface area contributed by atoms with Crippen molar-refractivity contribution in [1.29, 1.82) is 0 Å². The Balaban J connectivity index is 1.83. The lowest BCUT2D eigenvalue weighted by Crippen LogP contribution is -2.16. The number of aromatic nitrogens is 2. The molecular weight excluding hydrogens is 266 g/mol. The quantitative estimate of drug-likeness (QED) is 0.797. The number of fused-ring (bicyclic) bond motifs is 1. The summed E-state index contributed by atoms with van der Waals surface area (Å²) >= 11 is 0. The van der Waals surface area contributed by atoms with E-state index in [0.717, 1.165) is 11.4 Å². The summed E-state index contributed by atoms with van der Waals surface area (Å²) in [6, 6.07) is 14.7. The number of benzene rings is 1. The third-order valence-corrected chi connectivity index (χ3v) is 3.17. The molecule has 3 rings (SSSR count). The highest BCUT2D eigenvalue weighted by atomic mass is 16.5. The fourth-order valence-electron chi connectivity index (χ4n) is 2.12. The van der Waals surface area contributed by atoms with Gasteiger partial charge in [-0.15, -0.1) is 0 Å². The Morgan fingerprint density at radius 3 is 2.95 bits per heavy atom. The molecule has 0 saturated carbocycles. The SMILES string of the molecule is COc1cccc(NCc2cc(=O)n3ccccc3n2)c1. The van der Waals surface area contributed by atoms with E-state index in [9.17, 15) is 4.79 Å². The van der Waals surface area contributed by atoms with Crippen LogP contribution in [0.1, 0.15) is 5.69 Å². The first-order chi connectivity index (χ1) is 10.3. The summed E-state index contributed by atoms with van der Waals surface area (Å²) in [5.74, 6) is 0.784. The topological polar surface area (TPSA) is 55.6 Å². The highest BCUT2D eigenvalue weighted by Crippen LogP contribution is 2.17. The van der Waals surface area contributed by atoms with Crippen molar-refractivity contribution >= 4 is 11.3 Å². The first kappa shape index (κ1) is 13.2. The number of nitrogens with one attached hydrogen (secondary N) is 1. The number of rotatable bonds is 4. The van der Waals surface area contributed by atoms with E-state index in [1.54, 1.807) is 19.4 Å². The van der Waals surface area contributed by atoms with Crippen molar-refractivity contribution in [3.8, 4) is 5.75 Å². The van der Waals surface area contributed by atoms with Gasteiger partial charge in [0.05, 0.1) is 19.3 Å². The molecule has 1 aromatic carbocycles. The van der Waals surface area contributed by atoms with Crippen LogP contribution in [-0.4, -0.2) is 16.5 Å². The number of hydrogen-bond donors (Lipinski definition) is 1. The van der Waals surface area contributed by atoms with Crippen LogP contribution in [0.3, 0.4) is 0 Å². The van der Waals surface area contributed by atoms with Crippen molar-refractivity contribution in [2.45, 2.75) is 6.54 Å². The van der Waals surface area contributed by atoms with Gasteiger partial charge in [0.2, 0.25) is 0 Å². The maximum absolute atomic E-state index is 12.0. The van der Waals surface area contributed by atoms with Gasteiger partial charge in [-0.1, -0.05) is 12.1 Å². The predicted molar refractivity (Wildman–Crippen MR) is 81.8 cm³/mol. The number of ether oxygens (including phenoxy) is 1. The van der Waals surface area contributed by atoms with E-state index >= 15 is 0 Å². The van der Waals surface area contributed by atoms with E-state index < -0.39 is 0 Å². The average Bonchev–Trinajstić information content (AvgIpc) is 2.53. The molecule has 5 nitrogen and oxygen atoms in total. The molecule has 0 aliphatic rings. The molecule has 2 heterocycles. The second kappa shape index (κ2) is 5.66. The molecule has 2 aromatic heterocycles. The van der Waals surface area contributed by atoms with Crippen LogP contribution < -0.4 is 15.6 Å². The Bertz CT molecular complexity index is 827. The van der Waals surface area contributed by atoms with Crippen molar-refractivity contribution < 1.29 is 4.74 Å². The Labute approximate surface area is 121 Å². The molecule has 106 valence electrons. The molecule has 1 N–H and O–H groups in total. The lowest BCUT2D eigenvalue weighted by molar-refractivity contribution is 0.415. The van der Waals surface area contributed by atoms with Gasteiger partial charge in [-0.05, 0) is 24.3 Å². The van der Waals surface area contributed by atoms with Crippen LogP contribution in [0.15, 0.2) is 59.5 Å². The molecule has 0 bridgehead atoms. The van der Waals surface area contributed by atoms with Crippen LogP contribution >= 0.6 is 0 Å². The lowest BCUT2D eigenvalue weighted by atomic mass is 10.3. The second-order valence-corrected chi connectivity index (χ2v) is 4.60. The van der Waals surface area contributed by atoms with E-state index in [4.69, 9.17) is 4.74 Å². The minimum Gasteiger partial charge on any atom is -0.497 e. The van der Waals surface area contributed by atoms with E-state index in [-0.39, 0.29) is 5.56 Å². The molecule has 3 aromatic rings. The molecule has 0 spiro atoms. The molecule has 0 aliphatic carbocycles. The molecule has 0 atom stereocenters. The Hall–Kier alpha value is -2.82. The van der Waals surface area contributed by atoms with Crippen LogP contribution in [0.25, 0.3) is 5.65 Å². The van der Waals surface area contributed by atoms with Crippen LogP contribution in [0.2, 0.25) is 0 Å². The maximum Gasteiger partial charge on any atom is 0.258 e. The molecule has 0 aliphatic heterocycles. The van der Waals surface area contributed by atoms with E-state index in [0.29, 0.717) is 17.9 Å². The number of hydrogen-bond acceptors (Lipinski definition) is 4. The lowest BCUT2D eigenvalue weighted by Gasteiger charge is -2.08. The zero-order chi connectivity index (χ0) is 14.7. The van der Waals surface area contributed by atoms with Gasteiger partial charge in [-0.2, -0.15) is 0 Å². The van der Waals surface area contributed by atoms with Crippen LogP contribution in [0.4, 0.5) is 5.69 Å². The summed E-state index contributed by atoms with van der Waals surface area (Å²) in [6.07, 6.45) is 1.71. The minimum atomic E-state index is -0.0805. The largest absolute Gasteiger partial charge is 0.497 e. The van der Waals surface area contributed by atoms with Crippen LogP contribution in [-0.2, 0) is 6.54 Å². The smallest absolute Gasteiger partial charge is 0.258 e. The minimum absolute atomic E-state index is 0.0805. The molecule has 0 amide bonds. The van der Waals surface area contributed by atoms with Crippen molar-refractivity contribution in [2.24, 2.45) is 0 Å². The standard InChI is InChI=1S/C16H15N3O2/c1-21-14-6-4-5-12(9-14)17-11-13-10-16(20)19-8-3-2-7-15(19)18-13/h2-10,17H,11H2,1H3. The third-order valence-electron chi connectivity index (χ3n) is 3.17. The van der Waals surface area contributed by atoms with Crippen LogP contribution in [0.5, 0.6) is 5.75 Å². The first-order valence-corrected chi connectivity index (χ1v) is 6.61. The molecule has 21 heavy (non-hydrogen) atoms. The molecule has 0 unspecified atom stereocenters. The number of methoxy groups -OCH3 is 1. The summed E-state index contributed by atoms with van der Waals surface area (Å²) in [7, 11) is 1.63. The molecule has 0 radical (unpaired) electrons. The maximum atomic E-state index is 12.0. The van der Waals surface area contributed by atoms with Gasteiger partial charge >= 0.3 is 0 Å². The normalized spacial score (nSPS) is 10.5. The van der Waals surface area contributed by atoms with E-state index in [2.05, 4.69) is 10.3 Å². The second-order valence-electron chi connectivity index (χ2n) is 4.60. The Morgan fingerprint density at radius 2 is 2.10 bits per heavy atom. The summed E-state index contributed by atoms with van der Waals surface area (Å²) in [6.45, 7) is 0.480. The van der Waals surface area contributed by atoms with Crippen molar-refractivity contribution in [3.63, 3.8) is 0 Å². The van der Waals surface area contributed by atoms with E-state index in [1.807, 2.05) is 42.5 Å². The van der Waals surface area contributed by atoms with Crippen molar-refractivity contribution in [1.82, 2.24) is 9.38 Å². The van der Waals surface area contributed by atoms with Gasteiger partial charge in [0.15, 0.2) is 0 Å². The molecule has 0 fully saturated rings. The molecular formula is C16H15N3O2. The monoisotopic (exact) mass is 281 g/mol. The van der Waals surface area contributed by atoms with Gasteiger partial charge in [-0.3, -0.25) is 9.20 Å². The summed E-state index contributed by atoms with van der Waals surface area (Å²) < 4.78 is 6.70. The van der Waals surface area contributed by atoms with Gasteiger partial charge < -0.3 is 10.1 Å². The zero-order valence-corrected chi connectivity index (χ0v) is 11.6. The van der Waals surface area contributed by atoms with Crippen molar-refractivity contribution in [3.05, 3.63) is 70.8 Å². The van der Waals surface area contributed by atoms with Crippen molar-refractivity contribution in [2.75, 3.05) is 12.4 Å². The fourth-order valence-corrected chi connectivity index (χ4v) is 2.12. The summed E-state index contributed by atoms with van der Waals surface area (Å²) in [5, 5.41) is 3.24. The van der Waals surface area contributed by atoms with Gasteiger partial charge in [0, 0.05) is 24.0 Å². The summed E-state index contributed by atoms with van der Waals surface area (Å²) in [4.78, 5) is 16.4. The number of pyridine rings is 1. The van der Waals surface area contributed by atoms with Gasteiger partial charge in [-0.25, -0.2) is 4.98 Å². The predicted octanol–water partition coefficient (Wildman–Crippen LogP) is 2.32. The van der Waals surface area contributed by atoms with Crippen LogP contribution in [0, 0.1) is 0 Å². The first-order valence-electron chi connectivity index (χ1n) is 6.61. The highest BCUT2D eigenvalue weighted by Gasteiger charge is 2.02. The zero-order valence-electron chi connectivity index (χ0n) is 11.6. The van der Waals surface area contributed by atoms with E-state index in [1.165, 1.54) is 4.40 Å². The highest BCUT2D eigenvalue weighted by molar-refractivity contribution is 5.48. The number of anilines is 1. The Morgan fingerprint density at radius 1 is 1.19 bits per heavy atom. The van der Waals surface area contributed by atoms with Gasteiger partial charge in [0.1, 0.15) is 11.4 Å². The fraction of sp³-hybridized carbons (Fsp3) is 0.125.